The minimum absolute atomic E-state index is 0. The standard InChI is InChI=1S/C10H9.Hf.HI/c1-8-6-7-9-4-2-3-5-10(8)9;;/h2-7H,1H3;;1H/q-1;;. The number of aryl methyl sites for hydroxylation is 1. The number of benzene rings is 1. The molecule has 0 aliphatic carbocycles. The molecule has 0 nitrogen and oxygen atoms in total. The Kier molecular flexibility index (Phi) is 5.41. The van der Waals surface area contributed by atoms with Crippen LogP contribution in [0.4, 0.5) is 0 Å². The van der Waals surface area contributed by atoms with Gasteiger partial charge in [0.1, 0.15) is 0 Å². The van der Waals surface area contributed by atoms with Gasteiger partial charge in [0, 0.05) is 25.8 Å². The quantitative estimate of drug-likeness (QED) is 0.338. The Balaban J connectivity index is 0.000000605. The Labute approximate surface area is 109 Å². The van der Waals surface area contributed by atoms with Gasteiger partial charge < -0.3 is 0 Å². The molecule has 0 saturated carbocycles. The summed E-state index contributed by atoms with van der Waals surface area (Å²) in [7, 11) is 0. The maximum absolute atomic E-state index is 2.16. The summed E-state index contributed by atoms with van der Waals surface area (Å²) in [4.78, 5) is 0. The van der Waals surface area contributed by atoms with Gasteiger partial charge in [-0.3, -0.25) is 0 Å². The number of hydrogen-bond acceptors (Lipinski definition) is 0. The molecule has 2 heteroatoms. The zero-order valence-corrected chi connectivity index (χ0v) is 12.8. The van der Waals surface area contributed by atoms with Crippen LogP contribution in [0.5, 0.6) is 0 Å². The van der Waals surface area contributed by atoms with Crippen molar-refractivity contribution in [2.24, 2.45) is 0 Å². The monoisotopic (exact) mass is 437 g/mol. The number of halogens is 1. The first-order valence-electron chi connectivity index (χ1n) is 3.49. The predicted octanol–water partition coefficient (Wildman–Crippen LogP) is 3.48. The van der Waals surface area contributed by atoms with Gasteiger partial charge in [0.15, 0.2) is 0 Å². The Morgan fingerprint density at radius 1 is 1.08 bits per heavy atom. The fourth-order valence-corrected chi connectivity index (χ4v) is 1.31. The zero-order valence-electron chi connectivity index (χ0n) is 6.87. The van der Waals surface area contributed by atoms with Crippen molar-refractivity contribution in [1.29, 1.82) is 0 Å². The smallest absolute Gasteiger partial charge is 0 e. The second kappa shape index (κ2) is 5.22. The zero-order chi connectivity index (χ0) is 6.97. The van der Waals surface area contributed by atoms with Crippen molar-refractivity contribution in [3.8, 4) is 0 Å². The molecule has 0 heterocycles. The van der Waals surface area contributed by atoms with E-state index in [2.05, 4.69) is 43.3 Å². The number of fused-ring (bicyclic) bond motifs is 1. The van der Waals surface area contributed by atoms with Crippen molar-refractivity contribution < 1.29 is 25.8 Å². The van der Waals surface area contributed by atoms with Crippen LogP contribution in [0.3, 0.4) is 0 Å². The Bertz CT molecular complexity index is 351. The van der Waals surface area contributed by atoms with Gasteiger partial charge in [0.2, 0.25) is 0 Å². The molecular formula is C10H10HfI-. The first-order valence-corrected chi connectivity index (χ1v) is 3.49. The van der Waals surface area contributed by atoms with Gasteiger partial charge in [-0.1, -0.05) is 13.0 Å². The van der Waals surface area contributed by atoms with Crippen molar-refractivity contribution in [2.75, 3.05) is 0 Å². The molecule has 0 radical (unpaired) electrons. The SMILES string of the molecule is C[c-]1ccc2ccccc21.I.[Hf]. The van der Waals surface area contributed by atoms with Gasteiger partial charge in [0.25, 0.3) is 0 Å². The molecule has 0 N–H and O–H groups in total. The fraction of sp³-hybridized carbons (Fsp3) is 0.100. The summed E-state index contributed by atoms with van der Waals surface area (Å²) in [5, 5.41) is 2.72. The minimum atomic E-state index is 0. The maximum atomic E-state index is 2.16. The second-order valence-corrected chi connectivity index (χ2v) is 2.60. The summed E-state index contributed by atoms with van der Waals surface area (Å²) in [5.41, 5.74) is 1.37. The fourth-order valence-electron chi connectivity index (χ4n) is 1.31. The minimum Gasteiger partial charge on any atom is -0.168 e. The van der Waals surface area contributed by atoms with Gasteiger partial charge in [-0.25, -0.2) is 0 Å². The van der Waals surface area contributed by atoms with Gasteiger partial charge in [-0.2, -0.15) is 12.1 Å². The molecule has 0 aliphatic rings. The van der Waals surface area contributed by atoms with Crippen LogP contribution in [0.1, 0.15) is 5.56 Å². The topological polar surface area (TPSA) is 0 Å². The van der Waals surface area contributed by atoms with Crippen LogP contribution in [-0.4, -0.2) is 0 Å². The molecule has 0 bridgehead atoms. The van der Waals surface area contributed by atoms with Crippen molar-refractivity contribution in [3.63, 3.8) is 0 Å². The summed E-state index contributed by atoms with van der Waals surface area (Å²) in [6, 6.07) is 12.8. The van der Waals surface area contributed by atoms with E-state index in [1.54, 1.807) is 0 Å². The molecule has 2 rings (SSSR count). The third-order valence-electron chi connectivity index (χ3n) is 1.90. The summed E-state index contributed by atoms with van der Waals surface area (Å²) < 4.78 is 0. The van der Waals surface area contributed by atoms with E-state index in [0.29, 0.717) is 0 Å². The first-order chi connectivity index (χ1) is 4.88. The van der Waals surface area contributed by atoms with E-state index in [0.717, 1.165) is 0 Å². The summed E-state index contributed by atoms with van der Waals surface area (Å²) in [6.45, 7) is 2.14. The Morgan fingerprint density at radius 3 is 2.42 bits per heavy atom. The van der Waals surface area contributed by atoms with E-state index in [1.807, 2.05) is 0 Å². The molecule has 0 fully saturated rings. The van der Waals surface area contributed by atoms with Crippen molar-refractivity contribution in [2.45, 2.75) is 6.92 Å². The normalized spacial score (nSPS) is 8.75. The molecule has 0 unspecified atom stereocenters. The van der Waals surface area contributed by atoms with Crippen molar-refractivity contribution >= 4 is 34.7 Å². The van der Waals surface area contributed by atoms with Crippen LogP contribution in [0, 0.1) is 6.92 Å². The number of rotatable bonds is 0. The number of hydrogen-bond donors (Lipinski definition) is 0. The summed E-state index contributed by atoms with van der Waals surface area (Å²) in [5.74, 6) is 0. The van der Waals surface area contributed by atoms with E-state index in [-0.39, 0.29) is 49.8 Å². The van der Waals surface area contributed by atoms with Gasteiger partial charge in [-0.05, 0) is 0 Å². The van der Waals surface area contributed by atoms with Gasteiger partial charge in [-0.15, -0.1) is 58.5 Å². The van der Waals surface area contributed by atoms with Crippen LogP contribution in [0.2, 0.25) is 0 Å². The van der Waals surface area contributed by atoms with Crippen LogP contribution in [-0.2, 0) is 25.8 Å². The molecule has 12 heavy (non-hydrogen) atoms. The van der Waals surface area contributed by atoms with Crippen LogP contribution in [0.15, 0.2) is 36.4 Å². The van der Waals surface area contributed by atoms with E-state index >= 15 is 0 Å². The first kappa shape index (κ1) is 12.4. The Hall–Kier alpha value is 0.430. The van der Waals surface area contributed by atoms with E-state index in [4.69, 9.17) is 0 Å². The second-order valence-electron chi connectivity index (χ2n) is 2.60. The summed E-state index contributed by atoms with van der Waals surface area (Å²) in [6.07, 6.45) is 0. The maximum Gasteiger partial charge on any atom is 0 e. The van der Waals surface area contributed by atoms with Crippen molar-refractivity contribution in [1.82, 2.24) is 0 Å². The molecule has 0 aliphatic heterocycles. The van der Waals surface area contributed by atoms with Crippen LogP contribution < -0.4 is 0 Å². The third kappa shape index (κ3) is 2.22. The molecule has 62 valence electrons. The van der Waals surface area contributed by atoms with Gasteiger partial charge >= 0.3 is 0 Å². The van der Waals surface area contributed by atoms with Crippen LogP contribution >= 0.6 is 24.0 Å². The summed E-state index contributed by atoms with van der Waals surface area (Å²) >= 11 is 0. The predicted molar refractivity (Wildman–Crippen MR) is 59.7 cm³/mol. The average molecular weight is 436 g/mol. The molecule has 0 spiro atoms. The molecular weight excluding hydrogens is 426 g/mol. The molecule has 0 aromatic heterocycles. The van der Waals surface area contributed by atoms with Crippen LogP contribution in [0.25, 0.3) is 10.8 Å². The van der Waals surface area contributed by atoms with E-state index in [1.165, 1.54) is 16.3 Å². The third-order valence-corrected chi connectivity index (χ3v) is 1.90. The average Bonchev–Trinajstić information content (AvgIpc) is 2.34. The van der Waals surface area contributed by atoms with Crippen molar-refractivity contribution in [3.05, 3.63) is 42.0 Å². The molecule has 0 atom stereocenters. The molecule has 2 aromatic rings. The molecule has 0 amide bonds. The molecule has 2 aromatic carbocycles. The van der Waals surface area contributed by atoms with E-state index in [9.17, 15) is 0 Å². The Morgan fingerprint density at radius 2 is 1.75 bits per heavy atom. The largest absolute Gasteiger partial charge is 0.168 e. The van der Waals surface area contributed by atoms with Gasteiger partial charge in [0.05, 0.1) is 0 Å². The molecule has 0 saturated heterocycles. The van der Waals surface area contributed by atoms with E-state index < -0.39 is 0 Å².